The number of aryl methyl sites for hydroxylation is 1. The number of aliphatic hydroxyl groups is 1. The maximum Gasteiger partial charge on any atom is 0.295 e. The first-order valence-electron chi connectivity index (χ1n) is 9.46. The van der Waals surface area contributed by atoms with E-state index in [0.29, 0.717) is 30.6 Å². The van der Waals surface area contributed by atoms with Crippen LogP contribution in [0.3, 0.4) is 0 Å². The number of hydrogen-bond acceptors (Lipinski definition) is 5. The third-order valence-electron chi connectivity index (χ3n) is 5.03. The number of rotatable bonds is 6. The summed E-state index contributed by atoms with van der Waals surface area (Å²) in [4.78, 5) is 35.5. The fraction of sp³-hybridized carbons (Fsp3) is 0.182. The monoisotopic (exact) mass is 466 g/mol. The Labute approximate surface area is 181 Å². The summed E-state index contributed by atoms with van der Waals surface area (Å²) in [7, 11) is 0. The third-order valence-corrected chi connectivity index (χ3v) is 5.56. The molecule has 0 spiro atoms. The number of hydrogen-bond donors (Lipinski definition) is 1. The highest BCUT2D eigenvalue weighted by molar-refractivity contribution is 9.10. The molecule has 2 aromatic heterocycles. The molecule has 1 N–H and O–H groups in total. The Kier molecular flexibility index (Phi) is 5.76. The lowest BCUT2D eigenvalue weighted by Crippen LogP contribution is -2.31. The molecule has 3 aromatic rings. The molecular weight excluding hydrogens is 448 g/mol. The largest absolute Gasteiger partial charge is 0.507 e. The van der Waals surface area contributed by atoms with Crippen LogP contribution in [0.4, 0.5) is 0 Å². The van der Waals surface area contributed by atoms with Gasteiger partial charge in [0.15, 0.2) is 0 Å². The minimum atomic E-state index is -0.690. The Balaban J connectivity index is 1.71. The van der Waals surface area contributed by atoms with E-state index in [1.807, 2.05) is 10.8 Å². The average Bonchev–Trinajstić information content (AvgIpc) is 3.37. The predicted molar refractivity (Wildman–Crippen MR) is 114 cm³/mol. The number of imidazole rings is 1. The molecule has 1 aromatic carbocycles. The number of benzene rings is 1. The summed E-state index contributed by atoms with van der Waals surface area (Å²) in [5.74, 6) is -1.49. The molecule has 7 nitrogen and oxygen atoms in total. The summed E-state index contributed by atoms with van der Waals surface area (Å²) in [5.41, 5.74) is 1.24. The second-order valence-corrected chi connectivity index (χ2v) is 7.86. The molecule has 8 heteroatoms. The normalized spacial score (nSPS) is 18.2. The van der Waals surface area contributed by atoms with Crippen molar-refractivity contribution in [1.29, 1.82) is 0 Å². The fourth-order valence-electron chi connectivity index (χ4n) is 3.60. The number of halogens is 1. The zero-order chi connectivity index (χ0) is 21.1. The number of carbonyl (C=O) groups is 2. The van der Waals surface area contributed by atoms with Crippen molar-refractivity contribution in [3.8, 4) is 0 Å². The minimum absolute atomic E-state index is 0.0814. The molecule has 152 valence electrons. The van der Waals surface area contributed by atoms with Gasteiger partial charge in [0.25, 0.3) is 11.7 Å². The third kappa shape index (κ3) is 3.91. The summed E-state index contributed by atoms with van der Waals surface area (Å²) < 4.78 is 2.76. The molecule has 0 unspecified atom stereocenters. The van der Waals surface area contributed by atoms with E-state index in [4.69, 9.17) is 0 Å². The minimum Gasteiger partial charge on any atom is -0.507 e. The summed E-state index contributed by atoms with van der Waals surface area (Å²) in [6.45, 7) is 1.02. The zero-order valence-corrected chi connectivity index (χ0v) is 17.6. The maximum absolute atomic E-state index is 12.9. The first-order valence-corrected chi connectivity index (χ1v) is 10.3. The van der Waals surface area contributed by atoms with Crippen LogP contribution in [-0.2, 0) is 16.1 Å². The van der Waals surface area contributed by atoms with Gasteiger partial charge in [-0.25, -0.2) is 4.98 Å². The van der Waals surface area contributed by atoms with Gasteiger partial charge in [0, 0.05) is 47.9 Å². The first-order chi connectivity index (χ1) is 14.6. The number of aromatic nitrogens is 3. The van der Waals surface area contributed by atoms with Gasteiger partial charge < -0.3 is 14.6 Å². The van der Waals surface area contributed by atoms with Crippen molar-refractivity contribution in [2.24, 2.45) is 0 Å². The van der Waals surface area contributed by atoms with Crippen LogP contribution in [0.15, 0.2) is 77.6 Å². The number of ketones is 1. The highest BCUT2D eigenvalue weighted by atomic mass is 79.9. The fourth-order valence-corrected chi connectivity index (χ4v) is 3.87. The van der Waals surface area contributed by atoms with E-state index in [-0.39, 0.29) is 11.3 Å². The van der Waals surface area contributed by atoms with Gasteiger partial charge in [-0.05, 0) is 30.2 Å². The molecule has 30 heavy (non-hydrogen) atoms. The van der Waals surface area contributed by atoms with Gasteiger partial charge in [0.2, 0.25) is 0 Å². The first kappa shape index (κ1) is 20.0. The van der Waals surface area contributed by atoms with Crippen molar-refractivity contribution >= 4 is 33.4 Å². The molecular formula is C22H19BrN4O3. The van der Waals surface area contributed by atoms with Crippen LogP contribution in [-0.4, -0.2) is 42.8 Å². The van der Waals surface area contributed by atoms with Crippen molar-refractivity contribution in [2.45, 2.75) is 19.0 Å². The van der Waals surface area contributed by atoms with Gasteiger partial charge >= 0.3 is 0 Å². The van der Waals surface area contributed by atoms with E-state index in [1.54, 1.807) is 61.3 Å². The molecule has 0 saturated carbocycles. The Hall–Kier alpha value is -3.26. The lowest BCUT2D eigenvalue weighted by molar-refractivity contribution is -0.139. The Bertz CT molecular complexity index is 1080. The Morgan fingerprint density at radius 3 is 2.53 bits per heavy atom. The van der Waals surface area contributed by atoms with E-state index in [0.717, 1.165) is 4.47 Å². The molecule has 4 rings (SSSR count). The van der Waals surface area contributed by atoms with Crippen molar-refractivity contribution in [1.82, 2.24) is 19.4 Å². The molecule has 0 aliphatic carbocycles. The SMILES string of the molecule is O=C1C(=O)N(CCCn2ccnc2)[C@H](c2cccnc2)/C1=C(\O)c1ccc(Br)cc1. The standard InChI is InChI=1S/C22H19BrN4O3/c23-17-6-4-15(5-7-17)20(28)18-19(16-3-1-8-24-13-16)27(22(30)21(18)29)11-2-10-26-12-9-25-14-26/h1,3-9,12-14,19,28H,2,10-11H2/b20-18+/t19-/m1/s1. The Morgan fingerprint density at radius 2 is 1.87 bits per heavy atom. The van der Waals surface area contributed by atoms with E-state index < -0.39 is 17.7 Å². The van der Waals surface area contributed by atoms with Gasteiger partial charge in [0.1, 0.15) is 5.76 Å². The maximum atomic E-state index is 12.9. The molecule has 0 bridgehead atoms. The van der Waals surface area contributed by atoms with Crippen molar-refractivity contribution < 1.29 is 14.7 Å². The quantitative estimate of drug-likeness (QED) is 0.340. The number of Topliss-reactive ketones (excluding diaryl/α,β-unsaturated/α-hetero) is 1. The van der Waals surface area contributed by atoms with Crippen LogP contribution in [0.5, 0.6) is 0 Å². The lowest BCUT2D eigenvalue weighted by atomic mass is 9.96. The van der Waals surface area contributed by atoms with Crippen LogP contribution in [0.25, 0.3) is 5.76 Å². The summed E-state index contributed by atoms with van der Waals surface area (Å²) >= 11 is 3.36. The van der Waals surface area contributed by atoms with Crippen LogP contribution in [0, 0.1) is 0 Å². The molecule has 3 heterocycles. The summed E-state index contributed by atoms with van der Waals surface area (Å²) in [6.07, 6.45) is 9.14. The molecule has 0 radical (unpaired) electrons. The molecule has 1 amide bonds. The van der Waals surface area contributed by atoms with E-state index in [1.165, 1.54) is 4.90 Å². The van der Waals surface area contributed by atoms with Gasteiger partial charge in [0.05, 0.1) is 17.9 Å². The average molecular weight is 467 g/mol. The lowest BCUT2D eigenvalue weighted by Gasteiger charge is -2.25. The topological polar surface area (TPSA) is 88.3 Å². The van der Waals surface area contributed by atoms with Crippen LogP contribution in [0.2, 0.25) is 0 Å². The van der Waals surface area contributed by atoms with Gasteiger partial charge in [-0.2, -0.15) is 0 Å². The highest BCUT2D eigenvalue weighted by Crippen LogP contribution is 2.39. The van der Waals surface area contributed by atoms with Crippen LogP contribution < -0.4 is 0 Å². The molecule has 1 fully saturated rings. The highest BCUT2D eigenvalue weighted by Gasteiger charge is 2.45. The number of pyridine rings is 1. The number of likely N-dealkylation sites (tertiary alicyclic amines) is 1. The molecule has 1 saturated heterocycles. The van der Waals surface area contributed by atoms with Crippen LogP contribution >= 0.6 is 15.9 Å². The van der Waals surface area contributed by atoms with E-state index >= 15 is 0 Å². The van der Waals surface area contributed by atoms with Crippen molar-refractivity contribution in [3.63, 3.8) is 0 Å². The van der Waals surface area contributed by atoms with E-state index in [9.17, 15) is 14.7 Å². The number of aliphatic hydroxyl groups excluding tert-OH is 1. The Morgan fingerprint density at radius 1 is 1.07 bits per heavy atom. The molecule has 1 aliphatic heterocycles. The zero-order valence-electron chi connectivity index (χ0n) is 16.0. The predicted octanol–water partition coefficient (Wildman–Crippen LogP) is 3.55. The van der Waals surface area contributed by atoms with Crippen LogP contribution in [0.1, 0.15) is 23.6 Å². The number of amides is 1. The molecule has 1 atom stereocenters. The van der Waals surface area contributed by atoms with Gasteiger partial charge in [-0.15, -0.1) is 0 Å². The van der Waals surface area contributed by atoms with Gasteiger partial charge in [-0.3, -0.25) is 14.6 Å². The number of carbonyl (C=O) groups excluding carboxylic acids is 2. The molecule has 1 aliphatic rings. The summed E-state index contributed by atoms with van der Waals surface area (Å²) in [5, 5.41) is 11.0. The second-order valence-electron chi connectivity index (χ2n) is 6.94. The van der Waals surface area contributed by atoms with Crippen molar-refractivity contribution in [2.75, 3.05) is 6.54 Å². The van der Waals surface area contributed by atoms with Gasteiger partial charge in [-0.1, -0.05) is 34.1 Å². The van der Waals surface area contributed by atoms with Crippen molar-refractivity contribution in [3.05, 3.63) is 88.7 Å². The summed E-state index contributed by atoms with van der Waals surface area (Å²) in [6, 6.07) is 9.82. The number of nitrogens with zero attached hydrogens (tertiary/aromatic N) is 4. The van der Waals surface area contributed by atoms with E-state index in [2.05, 4.69) is 25.9 Å². The smallest absolute Gasteiger partial charge is 0.295 e. The second kappa shape index (κ2) is 8.62.